The molecule has 2 aromatic rings. The van der Waals surface area contributed by atoms with Crippen molar-refractivity contribution < 1.29 is 19.0 Å². The Labute approximate surface area is 148 Å². The average molecular weight is 343 g/mol. The third-order valence-electron chi connectivity index (χ3n) is 3.93. The summed E-state index contributed by atoms with van der Waals surface area (Å²) in [5, 5.41) is 2.87. The number of rotatable bonds is 7. The fourth-order valence-corrected chi connectivity index (χ4v) is 2.45. The van der Waals surface area contributed by atoms with Gasteiger partial charge in [0.1, 0.15) is 5.75 Å². The summed E-state index contributed by atoms with van der Waals surface area (Å²) in [4.78, 5) is 12.6. The van der Waals surface area contributed by atoms with Gasteiger partial charge in [0.25, 0.3) is 5.91 Å². The molecule has 2 rings (SSSR count). The molecule has 0 aromatic heterocycles. The third kappa shape index (κ3) is 4.66. The minimum atomic E-state index is -0.575. The van der Waals surface area contributed by atoms with Crippen molar-refractivity contribution in [3.05, 3.63) is 47.5 Å². The van der Waals surface area contributed by atoms with Gasteiger partial charge in [0.15, 0.2) is 17.6 Å². The van der Waals surface area contributed by atoms with E-state index >= 15 is 0 Å². The topological polar surface area (TPSA) is 56.8 Å². The number of nitrogens with one attached hydrogen (secondary N) is 1. The Morgan fingerprint density at radius 2 is 1.72 bits per heavy atom. The third-order valence-corrected chi connectivity index (χ3v) is 3.93. The van der Waals surface area contributed by atoms with Crippen LogP contribution in [0.4, 0.5) is 5.69 Å². The van der Waals surface area contributed by atoms with Crippen LogP contribution in [0.25, 0.3) is 0 Å². The van der Waals surface area contributed by atoms with E-state index < -0.39 is 6.10 Å². The maximum atomic E-state index is 12.6. The van der Waals surface area contributed by atoms with Gasteiger partial charge in [-0.1, -0.05) is 19.1 Å². The maximum Gasteiger partial charge on any atom is 0.265 e. The van der Waals surface area contributed by atoms with Crippen molar-refractivity contribution in [1.82, 2.24) is 0 Å². The van der Waals surface area contributed by atoms with E-state index in [2.05, 4.69) is 5.32 Å². The van der Waals surface area contributed by atoms with Gasteiger partial charge in [0, 0.05) is 11.8 Å². The van der Waals surface area contributed by atoms with Gasteiger partial charge < -0.3 is 19.5 Å². The number of carbonyl (C=O) groups is 1. The first-order valence-corrected chi connectivity index (χ1v) is 8.25. The molecular formula is C20H25NO4. The molecule has 0 aliphatic heterocycles. The minimum Gasteiger partial charge on any atom is -0.493 e. The van der Waals surface area contributed by atoms with Crippen LogP contribution < -0.4 is 19.5 Å². The highest BCUT2D eigenvalue weighted by atomic mass is 16.5. The summed E-state index contributed by atoms with van der Waals surface area (Å²) >= 11 is 0. The zero-order valence-electron chi connectivity index (χ0n) is 15.4. The van der Waals surface area contributed by atoms with Gasteiger partial charge in [-0.15, -0.1) is 0 Å². The van der Waals surface area contributed by atoms with Crippen LogP contribution in [0.2, 0.25) is 0 Å². The van der Waals surface area contributed by atoms with Crippen LogP contribution in [-0.2, 0) is 4.79 Å². The van der Waals surface area contributed by atoms with Crippen LogP contribution in [0, 0.1) is 13.8 Å². The number of benzene rings is 2. The molecule has 0 heterocycles. The fourth-order valence-electron chi connectivity index (χ4n) is 2.45. The summed E-state index contributed by atoms with van der Waals surface area (Å²) in [6, 6.07) is 11.2. The normalized spacial score (nSPS) is 11.6. The molecule has 0 unspecified atom stereocenters. The van der Waals surface area contributed by atoms with E-state index in [1.807, 2.05) is 39.0 Å². The average Bonchev–Trinajstić information content (AvgIpc) is 2.62. The Hall–Kier alpha value is -2.69. The first-order chi connectivity index (χ1) is 12.0. The summed E-state index contributed by atoms with van der Waals surface area (Å²) in [7, 11) is 3.13. The lowest BCUT2D eigenvalue weighted by Crippen LogP contribution is -2.32. The van der Waals surface area contributed by atoms with Crippen molar-refractivity contribution in [1.29, 1.82) is 0 Å². The van der Waals surface area contributed by atoms with E-state index in [1.165, 1.54) is 0 Å². The van der Waals surface area contributed by atoms with Crippen LogP contribution in [0.3, 0.4) is 0 Å². The van der Waals surface area contributed by atoms with Crippen molar-refractivity contribution in [2.24, 2.45) is 0 Å². The van der Waals surface area contributed by atoms with Crippen molar-refractivity contribution in [2.75, 3.05) is 19.5 Å². The Bertz CT molecular complexity index is 742. The predicted octanol–water partition coefficient (Wildman–Crippen LogP) is 4.12. The van der Waals surface area contributed by atoms with Crippen molar-refractivity contribution >= 4 is 11.6 Å². The highest BCUT2D eigenvalue weighted by Gasteiger charge is 2.20. The quantitative estimate of drug-likeness (QED) is 0.822. The number of amides is 1. The second-order valence-electron chi connectivity index (χ2n) is 5.84. The van der Waals surface area contributed by atoms with E-state index in [0.29, 0.717) is 23.6 Å². The van der Waals surface area contributed by atoms with Gasteiger partial charge in [-0.25, -0.2) is 0 Å². The first-order valence-electron chi connectivity index (χ1n) is 8.25. The molecule has 0 aliphatic carbocycles. The molecule has 1 N–H and O–H groups in total. The number of anilines is 1. The number of ether oxygens (including phenoxy) is 3. The molecule has 0 bridgehead atoms. The van der Waals surface area contributed by atoms with E-state index in [-0.39, 0.29) is 5.91 Å². The van der Waals surface area contributed by atoms with E-state index in [9.17, 15) is 4.79 Å². The minimum absolute atomic E-state index is 0.198. The Morgan fingerprint density at radius 3 is 2.36 bits per heavy atom. The zero-order chi connectivity index (χ0) is 18.4. The SMILES string of the molecule is CC[C@H](Oc1cc(C)ccc1C)C(=O)Nc1ccc(OC)c(OC)c1. The van der Waals surface area contributed by atoms with Crippen LogP contribution in [0.15, 0.2) is 36.4 Å². The number of hydrogen-bond donors (Lipinski definition) is 1. The molecule has 5 heteroatoms. The largest absolute Gasteiger partial charge is 0.493 e. The fraction of sp³-hybridized carbons (Fsp3) is 0.350. The van der Waals surface area contributed by atoms with Gasteiger partial charge in [0.05, 0.1) is 14.2 Å². The lowest BCUT2D eigenvalue weighted by atomic mass is 10.1. The smallest absolute Gasteiger partial charge is 0.265 e. The number of methoxy groups -OCH3 is 2. The van der Waals surface area contributed by atoms with E-state index in [0.717, 1.165) is 16.9 Å². The molecule has 1 atom stereocenters. The van der Waals surface area contributed by atoms with Crippen LogP contribution in [-0.4, -0.2) is 26.2 Å². The molecule has 0 fully saturated rings. The van der Waals surface area contributed by atoms with Gasteiger partial charge in [-0.3, -0.25) is 4.79 Å². The maximum absolute atomic E-state index is 12.6. The summed E-state index contributed by atoms with van der Waals surface area (Å²) < 4.78 is 16.4. The van der Waals surface area contributed by atoms with E-state index in [4.69, 9.17) is 14.2 Å². The van der Waals surface area contributed by atoms with Crippen LogP contribution in [0.1, 0.15) is 24.5 Å². The van der Waals surface area contributed by atoms with Gasteiger partial charge in [-0.05, 0) is 49.6 Å². The van der Waals surface area contributed by atoms with Crippen molar-refractivity contribution in [3.8, 4) is 17.2 Å². The molecule has 25 heavy (non-hydrogen) atoms. The Morgan fingerprint density at radius 1 is 1.00 bits per heavy atom. The monoisotopic (exact) mass is 343 g/mol. The second-order valence-corrected chi connectivity index (χ2v) is 5.84. The molecular weight excluding hydrogens is 318 g/mol. The van der Waals surface area contributed by atoms with Gasteiger partial charge in [-0.2, -0.15) is 0 Å². The number of aryl methyl sites for hydroxylation is 2. The lowest BCUT2D eigenvalue weighted by molar-refractivity contribution is -0.122. The molecule has 0 saturated carbocycles. The second kappa shape index (κ2) is 8.42. The molecule has 5 nitrogen and oxygen atoms in total. The first kappa shape index (κ1) is 18.6. The highest BCUT2D eigenvalue weighted by Crippen LogP contribution is 2.30. The standard InChI is InChI=1S/C20H25NO4/c1-6-16(25-18-11-13(2)7-8-14(18)3)20(22)21-15-9-10-17(23-4)19(12-15)24-5/h7-12,16H,6H2,1-5H3,(H,21,22)/t16-/m0/s1. The van der Waals surface area contributed by atoms with Gasteiger partial charge in [0.2, 0.25) is 0 Å². The number of carbonyl (C=O) groups excluding carboxylic acids is 1. The van der Waals surface area contributed by atoms with E-state index in [1.54, 1.807) is 32.4 Å². The van der Waals surface area contributed by atoms with Crippen LogP contribution in [0.5, 0.6) is 17.2 Å². The van der Waals surface area contributed by atoms with Crippen molar-refractivity contribution in [2.45, 2.75) is 33.3 Å². The lowest BCUT2D eigenvalue weighted by Gasteiger charge is -2.19. The molecule has 134 valence electrons. The predicted molar refractivity (Wildman–Crippen MR) is 98.8 cm³/mol. The summed E-state index contributed by atoms with van der Waals surface area (Å²) in [5.41, 5.74) is 2.73. The van der Waals surface area contributed by atoms with Gasteiger partial charge >= 0.3 is 0 Å². The van der Waals surface area contributed by atoms with Crippen molar-refractivity contribution in [3.63, 3.8) is 0 Å². The molecule has 0 saturated heterocycles. The molecule has 0 spiro atoms. The highest BCUT2D eigenvalue weighted by molar-refractivity contribution is 5.94. The Balaban J connectivity index is 2.13. The zero-order valence-corrected chi connectivity index (χ0v) is 15.4. The summed E-state index contributed by atoms with van der Waals surface area (Å²) in [6.07, 6.45) is -0.0134. The van der Waals surface area contributed by atoms with Crippen LogP contribution >= 0.6 is 0 Å². The molecule has 0 radical (unpaired) electrons. The Kier molecular flexibility index (Phi) is 6.28. The molecule has 2 aromatic carbocycles. The summed E-state index contributed by atoms with van der Waals surface area (Å²) in [6.45, 7) is 5.88. The summed E-state index contributed by atoms with van der Waals surface area (Å²) in [5.74, 6) is 1.70. The molecule has 1 amide bonds. The molecule has 0 aliphatic rings. The number of hydrogen-bond acceptors (Lipinski definition) is 4.